The number of rotatable bonds is 3. The number of phenols is 1. The Hall–Kier alpha value is -0.870. The average Bonchev–Trinajstić information content (AvgIpc) is 2.12. The lowest BCUT2D eigenvalue weighted by molar-refractivity contribution is 0.0110. The zero-order valence-corrected chi connectivity index (χ0v) is 8.06. The van der Waals surface area contributed by atoms with Crippen LogP contribution in [0.3, 0.4) is 0 Å². The van der Waals surface area contributed by atoms with Crippen LogP contribution in [0.15, 0.2) is 18.2 Å². The number of phenolic OH excluding ortho intramolecular Hbond substituents is 1. The monoisotopic (exact) mass is 221 g/mol. The Morgan fingerprint density at radius 3 is 2.57 bits per heavy atom. The van der Waals surface area contributed by atoms with E-state index < -0.39 is 18.9 Å². The molecular formula is C9H10ClF2NO. The Bertz CT molecular complexity index is 310. The summed E-state index contributed by atoms with van der Waals surface area (Å²) in [4.78, 5) is 0. The van der Waals surface area contributed by atoms with Gasteiger partial charge in [-0.2, -0.15) is 0 Å². The van der Waals surface area contributed by atoms with E-state index in [1.807, 2.05) is 0 Å². The summed E-state index contributed by atoms with van der Waals surface area (Å²) in [6.07, 6.45) is -0.644. The fourth-order valence-corrected chi connectivity index (χ4v) is 1.29. The smallest absolute Gasteiger partial charge is 0.264 e. The highest BCUT2D eigenvalue weighted by Gasteiger charge is 2.29. The maximum atomic E-state index is 12.9. The number of nitrogens with two attached hydrogens (primary N) is 1. The second-order valence-corrected chi connectivity index (χ2v) is 3.38. The Kier molecular flexibility index (Phi) is 3.29. The van der Waals surface area contributed by atoms with Gasteiger partial charge in [0.25, 0.3) is 5.92 Å². The summed E-state index contributed by atoms with van der Waals surface area (Å²) in [6, 6.07) is 4.25. The Balaban J connectivity index is 2.97. The minimum absolute atomic E-state index is 0.0321. The molecule has 0 aliphatic heterocycles. The van der Waals surface area contributed by atoms with Gasteiger partial charge in [0.2, 0.25) is 0 Å². The minimum atomic E-state index is -3.04. The molecule has 2 nitrogen and oxygen atoms in total. The van der Waals surface area contributed by atoms with Crippen molar-refractivity contribution in [2.75, 3.05) is 6.54 Å². The van der Waals surface area contributed by atoms with Crippen molar-refractivity contribution in [3.05, 3.63) is 28.8 Å². The molecule has 0 amide bonds. The molecule has 0 bridgehead atoms. The molecule has 0 saturated carbocycles. The van der Waals surface area contributed by atoms with E-state index in [1.54, 1.807) is 0 Å². The van der Waals surface area contributed by atoms with Crippen LogP contribution in [-0.4, -0.2) is 17.6 Å². The number of benzene rings is 1. The lowest BCUT2D eigenvalue weighted by atomic mass is 10.1. The second kappa shape index (κ2) is 4.11. The average molecular weight is 222 g/mol. The minimum Gasteiger partial charge on any atom is -0.508 e. The van der Waals surface area contributed by atoms with Crippen LogP contribution < -0.4 is 5.73 Å². The van der Waals surface area contributed by atoms with Crippen molar-refractivity contribution >= 4 is 11.6 Å². The fraction of sp³-hybridized carbons (Fsp3) is 0.333. The summed E-state index contributed by atoms with van der Waals surface area (Å²) in [5.41, 5.74) is 4.91. The summed E-state index contributed by atoms with van der Waals surface area (Å²) < 4.78 is 25.8. The van der Waals surface area contributed by atoms with Crippen molar-refractivity contribution in [2.45, 2.75) is 12.3 Å². The molecule has 0 fully saturated rings. The molecule has 78 valence electrons. The van der Waals surface area contributed by atoms with Gasteiger partial charge in [0.15, 0.2) is 0 Å². The first-order chi connectivity index (χ1) is 6.46. The molecule has 0 saturated heterocycles. The first-order valence-corrected chi connectivity index (χ1v) is 4.38. The third-order valence-corrected chi connectivity index (χ3v) is 2.18. The first-order valence-electron chi connectivity index (χ1n) is 4.00. The lowest BCUT2D eigenvalue weighted by Crippen LogP contribution is -2.30. The van der Waals surface area contributed by atoms with E-state index in [9.17, 15) is 13.9 Å². The number of hydrogen-bond donors (Lipinski definition) is 2. The molecule has 1 rings (SSSR count). The van der Waals surface area contributed by atoms with Crippen LogP contribution in [0.5, 0.6) is 5.75 Å². The SMILES string of the molecule is NCC(F)(F)Cc1c(O)cccc1Cl. The van der Waals surface area contributed by atoms with E-state index in [0.29, 0.717) is 0 Å². The zero-order chi connectivity index (χ0) is 10.8. The normalized spacial score (nSPS) is 11.7. The van der Waals surface area contributed by atoms with Gasteiger partial charge in [-0.3, -0.25) is 0 Å². The van der Waals surface area contributed by atoms with Gasteiger partial charge in [0.05, 0.1) is 6.54 Å². The number of hydrogen-bond acceptors (Lipinski definition) is 2. The third kappa shape index (κ3) is 2.56. The molecule has 3 N–H and O–H groups in total. The van der Waals surface area contributed by atoms with Gasteiger partial charge >= 0.3 is 0 Å². The van der Waals surface area contributed by atoms with E-state index in [-0.39, 0.29) is 16.3 Å². The topological polar surface area (TPSA) is 46.2 Å². The van der Waals surface area contributed by atoms with Gasteiger partial charge < -0.3 is 10.8 Å². The Morgan fingerprint density at radius 1 is 1.43 bits per heavy atom. The summed E-state index contributed by atoms with van der Waals surface area (Å²) in [5, 5.41) is 9.41. The molecule has 0 unspecified atom stereocenters. The van der Waals surface area contributed by atoms with Crippen LogP contribution in [0, 0.1) is 0 Å². The molecule has 0 atom stereocenters. The van der Waals surface area contributed by atoms with Crippen molar-refractivity contribution in [2.24, 2.45) is 5.73 Å². The van der Waals surface area contributed by atoms with Gasteiger partial charge in [-0.1, -0.05) is 17.7 Å². The van der Waals surface area contributed by atoms with E-state index in [2.05, 4.69) is 0 Å². The maximum Gasteiger partial charge on any atom is 0.264 e. The first kappa shape index (κ1) is 11.2. The van der Waals surface area contributed by atoms with Gasteiger partial charge in [0.1, 0.15) is 5.75 Å². The molecule has 14 heavy (non-hydrogen) atoms. The fourth-order valence-electron chi connectivity index (χ4n) is 1.05. The quantitative estimate of drug-likeness (QED) is 0.822. The van der Waals surface area contributed by atoms with Gasteiger partial charge in [0, 0.05) is 17.0 Å². The molecule has 1 aromatic carbocycles. The number of alkyl halides is 2. The van der Waals surface area contributed by atoms with Crippen molar-refractivity contribution in [3.63, 3.8) is 0 Å². The van der Waals surface area contributed by atoms with E-state index in [4.69, 9.17) is 17.3 Å². The third-order valence-electron chi connectivity index (χ3n) is 1.83. The Morgan fingerprint density at radius 2 is 2.07 bits per heavy atom. The highest BCUT2D eigenvalue weighted by molar-refractivity contribution is 6.31. The van der Waals surface area contributed by atoms with Gasteiger partial charge in [-0.15, -0.1) is 0 Å². The molecule has 5 heteroatoms. The van der Waals surface area contributed by atoms with Crippen molar-refractivity contribution in [1.29, 1.82) is 0 Å². The summed E-state index contributed by atoms with van der Waals surface area (Å²) in [5.74, 6) is -3.27. The van der Waals surface area contributed by atoms with Crippen LogP contribution in [0.2, 0.25) is 5.02 Å². The molecule has 0 radical (unpaired) electrons. The molecule has 0 heterocycles. The second-order valence-electron chi connectivity index (χ2n) is 2.97. The number of aromatic hydroxyl groups is 1. The molecule has 0 spiro atoms. The predicted octanol–water partition coefficient (Wildman–Crippen LogP) is 2.18. The van der Waals surface area contributed by atoms with Crippen LogP contribution in [0.4, 0.5) is 8.78 Å². The molecule has 0 aliphatic carbocycles. The van der Waals surface area contributed by atoms with E-state index in [0.717, 1.165) is 0 Å². The summed E-state index contributed by atoms with van der Waals surface area (Å²) in [6.45, 7) is -0.766. The molecule has 1 aromatic rings. The molecule has 0 aromatic heterocycles. The van der Waals surface area contributed by atoms with Crippen LogP contribution in [0.1, 0.15) is 5.56 Å². The van der Waals surface area contributed by atoms with Crippen molar-refractivity contribution in [1.82, 2.24) is 0 Å². The maximum absolute atomic E-state index is 12.9. The van der Waals surface area contributed by atoms with Crippen LogP contribution >= 0.6 is 11.6 Å². The van der Waals surface area contributed by atoms with Crippen LogP contribution in [0.25, 0.3) is 0 Å². The van der Waals surface area contributed by atoms with E-state index in [1.165, 1.54) is 18.2 Å². The highest BCUT2D eigenvalue weighted by Crippen LogP contribution is 2.30. The van der Waals surface area contributed by atoms with Gasteiger partial charge in [-0.05, 0) is 12.1 Å². The Labute approximate surface area is 85.3 Å². The number of halogens is 3. The van der Waals surface area contributed by atoms with Crippen LogP contribution in [-0.2, 0) is 6.42 Å². The van der Waals surface area contributed by atoms with E-state index >= 15 is 0 Å². The zero-order valence-electron chi connectivity index (χ0n) is 7.30. The van der Waals surface area contributed by atoms with Crippen molar-refractivity contribution < 1.29 is 13.9 Å². The lowest BCUT2D eigenvalue weighted by Gasteiger charge is -2.15. The summed E-state index contributed by atoms with van der Waals surface area (Å²) >= 11 is 5.66. The standard InChI is InChI=1S/C9H10ClF2NO/c10-7-2-1-3-8(14)6(7)4-9(11,12)5-13/h1-3,14H,4-5,13H2. The highest BCUT2D eigenvalue weighted by atomic mass is 35.5. The molecule has 0 aliphatic rings. The summed E-state index contributed by atoms with van der Waals surface area (Å²) in [7, 11) is 0. The van der Waals surface area contributed by atoms with Crippen molar-refractivity contribution in [3.8, 4) is 5.75 Å². The molecular weight excluding hydrogens is 212 g/mol. The largest absolute Gasteiger partial charge is 0.508 e. The van der Waals surface area contributed by atoms with Gasteiger partial charge in [-0.25, -0.2) is 8.78 Å². The predicted molar refractivity (Wildman–Crippen MR) is 50.8 cm³/mol.